The molecular formula is C20H22AsBrO6. The van der Waals surface area contributed by atoms with E-state index in [4.69, 9.17) is 14.2 Å². The van der Waals surface area contributed by atoms with E-state index in [-0.39, 0.29) is 10.1 Å². The van der Waals surface area contributed by atoms with Crippen LogP contribution in [0.15, 0.2) is 46.9 Å². The third kappa shape index (κ3) is 7.40. The van der Waals surface area contributed by atoms with Gasteiger partial charge in [-0.3, -0.25) is 0 Å². The number of carbonyl (C=O) groups is 2. The molecule has 0 heterocycles. The molecule has 1 N–H and O–H groups in total. The summed E-state index contributed by atoms with van der Waals surface area (Å²) in [6.45, 7) is 4.58. The molecule has 0 aliphatic carbocycles. The SMILES string of the molecule is CCOCCOCCOc1ccc(C(=O)[AsH]c2ccc(Br)cc2C(=O)O)cc1. The van der Waals surface area contributed by atoms with E-state index in [0.29, 0.717) is 53.2 Å². The second-order valence-electron chi connectivity index (χ2n) is 5.63. The van der Waals surface area contributed by atoms with Crippen molar-refractivity contribution in [3.63, 3.8) is 0 Å². The molecule has 2 aromatic carbocycles. The molecule has 8 heteroatoms. The molecule has 6 nitrogen and oxygen atoms in total. The average molecular weight is 513 g/mol. The Morgan fingerprint density at radius 3 is 2.36 bits per heavy atom. The molecule has 0 radical (unpaired) electrons. The zero-order valence-electron chi connectivity index (χ0n) is 15.4. The summed E-state index contributed by atoms with van der Waals surface area (Å²) >= 11 is 1.98. The summed E-state index contributed by atoms with van der Waals surface area (Å²) in [5.74, 6) is -0.375. The summed E-state index contributed by atoms with van der Waals surface area (Å²) in [7, 11) is 0. The maximum atomic E-state index is 12.5. The van der Waals surface area contributed by atoms with Gasteiger partial charge in [-0.15, -0.1) is 0 Å². The van der Waals surface area contributed by atoms with Crippen LogP contribution in [0.1, 0.15) is 27.6 Å². The number of carboxylic acid groups (broad SMARTS) is 1. The van der Waals surface area contributed by atoms with Crippen molar-refractivity contribution >= 4 is 46.6 Å². The van der Waals surface area contributed by atoms with Gasteiger partial charge in [0.1, 0.15) is 0 Å². The minimum atomic E-state index is -1.28. The van der Waals surface area contributed by atoms with Gasteiger partial charge in [0.2, 0.25) is 0 Å². The van der Waals surface area contributed by atoms with E-state index in [0.717, 1.165) is 0 Å². The van der Waals surface area contributed by atoms with Crippen LogP contribution >= 0.6 is 15.9 Å². The van der Waals surface area contributed by atoms with Crippen LogP contribution in [0.3, 0.4) is 0 Å². The second kappa shape index (κ2) is 12.0. The van der Waals surface area contributed by atoms with Gasteiger partial charge in [0, 0.05) is 6.61 Å². The standard InChI is InChI=1S/C20H22AsBrO6/c1-2-26-9-10-27-11-12-28-16-6-3-14(4-7-16)19(23)21-18-8-5-15(22)13-17(18)20(24)25/h3-8,13,21H,2,9-12H2,1H3,(H,24,25). The van der Waals surface area contributed by atoms with Crippen molar-refractivity contribution in [2.24, 2.45) is 0 Å². The number of aromatic carboxylic acids is 1. The Balaban J connectivity index is 1.86. The van der Waals surface area contributed by atoms with Crippen molar-refractivity contribution in [2.75, 3.05) is 33.0 Å². The van der Waals surface area contributed by atoms with Gasteiger partial charge >= 0.3 is 166 Å². The molecule has 2 rings (SSSR count). The summed E-state index contributed by atoms with van der Waals surface area (Å²) < 4.78 is 17.4. The van der Waals surface area contributed by atoms with Crippen LogP contribution < -0.4 is 9.09 Å². The van der Waals surface area contributed by atoms with Gasteiger partial charge in [0.25, 0.3) is 0 Å². The first-order chi connectivity index (χ1) is 13.5. The van der Waals surface area contributed by atoms with Gasteiger partial charge < -0.3 is 0 Å². The fourth-order valence-electron chi connectivity index (χ4n) is 2.28. The normalized spacial score (nSPS) is 11.1. The number of ether oxygens (including phenoxy) is 3. The first-order valence-electron chi connectivity index (χ1n) is 8.73. The van der Waals surface area contributed by atoms with Crippen molar-refractivity contribution in [3.8, 4) is 5.75 Å². The van der Waals surface area contributed by atoms with Crippen LogP contribution in [0.2, 0.25) is 0 Å². The van der Waals surface area contributed by atoms with Crippen LogP contribution in [0.4, 0.5) is 0 Å². The van der Waals surface area contributed by atoms with Crippen LogP contribution in [-0.4, -0.2) is 64.4 Å². The van der Waals surface area contributed by atoms with E-state index in [2.05, 4.69) is 15.9 Å². The monoisotopic (exact) mass is 512 g/mol. The van der Waals surface area contributed by atoms with Crippen molar-refractivity contribution in [1.29, 1.82) is 0 Å². The Morgan fingerprint density at radius 2 is 1.68 bits per heavy atom. The number of carboxylic acids is 1. The fourth-order valence-corrected chi connectivity index (χ4v) is 4.82. The molecule has 0 amide bonds. The first-order valence-corrected chi connectivity index (χ1v) is 11.6. The summed E-state index contributed by atoms with van der Waals surface area (Å²) in [5, 5.41) is 9.33. The minimum absolute atomic E-state index is 0.0318. The molecule has 0 aliphatic rings. The summed E-state index contributed by atoms with van der Waals surface area (Å²) in [4.78, 5) is 23.9. The van der Waals surface area contributed by atoms with Crippen molar-refractivity contribution < 1.29 is 28.9 Å². The molecule has 28 heavy (non-hydrogen) atoms. The molecule has 1 unspecified atom stereocenters. The van der Waals surface area contributed by atoms with Gasteiger partial charge in [-0.1, -0.05) is 0 Å². The zero-order valence-corrected chi connectivity index (χ0v) is 19.1. The second-order valence-corrected chi connectivity index (χ2v) is 9.15. The van der Waals surface area contributed by atoms with E-state index >= 15 is 0 Å². The third-order valence-electron chi connectivity index (χ3n) is 3.65. The fraction of sp³-hybridized carbons (Fsp3) is 0.300. The van der Waals surface area contributed by atoms with Crippen molar-refractivity contribution in [2.45, 2.75) is 6.92 Å². The van der Waals surface area contributed by atoms with E-state index < -0.39 is 21.7 Å². The van der Waals surface area contributed by atoms with Crippen molar-refractivity contribution in [3.05, 3.63) is 58.1 Å². The Kier molecular flexibility index (Phi) is 9.71. The van der Waals surface area contributed by atoms with Gasteiger partial charge in [0.05, 0.1) is 0 Å². The first kappa shape index (κ1) is 22.6. The number of rotatable bonds is 12. The van der Waals surface area contributed by atoms with E-state index in [1.54, 1.807) is 36.4 Å². The predicted octanol–water partition coefficient (Wildman–Crippen LogP) is 2.48. The zero-order chi connectivity index (χ0) is 20.4. The Hall–Kier alpha value is -1.66. The summed E-state index contributed by atoms with van der Waals surface area (Å²) in [6, 6.07) is 11.9. The van der Waals surface area contributed by atoms with Crippen molar-refractivity contribution in [1.82, 2.24) is 0 Å². The van der Waals surface area contributed by atoms with Gasteiger partial charge in [-0.05, 0) is 6.92 Å². The van der Waals surface area contributed by atoms with Crippen LogP contribution in [0.25, 0.3) is 0 Å². The van der Waals surface area contributed by atoms with Crippen LogP contribution in [0, 0.1) is 0 Å². The number of hydrogen-bond donors (Lipinski definition) is 1. The molecule has 1 atom stereocenters. The number of halogens is 1. The van der Waals surface area contributed by atoms with Gasteiger partial charge in [-0.25, -0.2) is 0 Å². The maximum absolute atomic E-state index is 12.5. The molecule has 0 aromatic heterocycles. The van der Waals surface area contributed by atoms with E-state index in [1.807, 2.05) is 6.92 Å². The summed E-state index contributed by atoms with van der Waals surface area (Å²) in [5.41, 5.74) is 0.728. The predicted molar refractivity (Wildman–Crippen MR) is 111 cm³/mol. The molecule has 0 fully saturated rings. The van der Waals surface area contributed by atoms with Crippen LogP contribution in [0.5, 0.6) is 5.75 Å². The quantitative estimate of drug-likeness (QED) is 0.347. The van der Waals surface area contributed by atoms with E-state index in [9.17, 15) is 14.7 Å². The Labute approximate surface area is 179 Å². The Bertz CT molecular complexity index is 794. The molecule has 0 aliphatic heterocycles. The molecule has 0 saturated heterocycles. The molecule has 150 valence electrons. The summed E-state index contributed by atoms with van der Waals surface area (Å²) in [6.07, 6.45) is 0. The van der Waals surface area contributed by atoms with Gasteiger partial charge in [0.15, 0.2) is 0 Å². The number of benzene rings is 2. The van der Waals surface area contributed by atoms with E-state index in [1.165, 1.54) is 6.07 Å². The average Bonchev–Trinajstić information content (AvgIpc) is 2.69. The molecule has 2 aromatic rings. The third-order valence-corrected chi connectivity index (χ3v) is 6.70. The Morgan fingerprint density at radius 1 is 1.00 bits per heavy atom. The molecule has 0 spiro atoms. The van der Waals surface area contributed by atoms with Gasteiger partial charge in [-0.2, -0.15) is 0 Å². The number of carbonyl (C=O) groups excluding carboxylic acids is 1. The number of hydrogen-bond acceptors (Lipinski definition) is 5. The van der Waals surface area contributed by atoms with Crippen LogP contribution in [-0.2, 0) is 9.47 Å². The topological polar surface area (TPSA) is 82.1 Å². The molecular weight excluding hydrogens is 491 g/mol. The molecule has 0 bridgehead atoms. The molecule has 0 saturated carbocycles.